The van der Waals surface area contributed by atoms with E-state index >= 15 is 0 Å². The van der Waals surface area contributed by atoms with Crippen LogP contribution in [0.5, 0.6) is 0 Å². The fourth-order valence-corrected chi connectivity index (χ4v) is 5.17. The molecule has 0 bridgehead atoms. The summed E-state index contributed by atoms with van der Waals surface area (Å²) in [6.07, 6.45) is 0. The van der Waals surface area contributed by atoms with Gasteiger partial charge in [-0.1, -0.05) is 50.1 Å². The lowest BCUT2D eigenvalue weighted by atomic mass is 10.2. The van der Waals surface area contributed by atoms with Crippen LogP contribution in [0.15, 0.2) is 29.2 Å². The molecule has 0 saturated carbocycles. The predicted molar refractivity (Wildman–Crippen MR) is 58.0 cm³/mol. The number of halogens is 2. The van der Waals surface area contributed by atoms with E-state index in [-0.39, 0.29) is 4.83 Å². The minimum Gasteiger partial charge on any atom is -0.222 e. The van der Waals surface area contributed by atoms with Crippen LogP contribution in [0.1, 0.15) is 10.4 Å². The van der Waals surface area contributed by atoms with Gasteiger partial charge in [0.25, 0.3) is 0 Å². The van der Waals surface area contributed by atoms with Crippen molar-refractivity contribution in [2.45, 2.75) is 13.9 Å². The van der Waals surface area contributed by atoms with Gasteiger partial charge in [0.15, 0.2) is 9.84 Å². The second-order valence-corrected chi connectivity index (χ2v) is 7.45. The molecule has 1 aromatic rings. The number of sulfone groups is 1. The topological polar surface area (TPSA) is 34.1 Å². The molecule has 0 unspecified atom stereocenters. The Hall–Kier alpha value is 0.130. The molecule has 2 rings (SSSR count). The summed E-state index contributed by atoms with van der Waals surface area (Å²) in [7, 11) is -3.16. The third-order valence-electron chi connectivity index (χ3n) is 2.05. The molecule has 0 aliphatic carbocycles. The lowest BCUT2D eigenvalue weighted by Crippen LogP contribution is -2.09. The van der Waals surface area contributed by atoms with Crippen molar-refractivity contribution in [1.82, 2.24) is 0 Å². The molecule has 1 heterocycles. The fraction of sp³-hybridized carbons (Fsp3) is 0.250. The Bertz CT molecular complexity index is 441. The van der Waals surface area contributed by atoms with E-state index < -0.39 is 14.0 Å². The Balaban J connectivity index is 2.76. The molecule has 1 aromatic carbocycles. The maximum Gasteiger partial charge on any atom is 0.192 e. The summed E-state index contributed by atoms with van der Waals surface area (Å²) < 4.78 is 22.9. The van der Waals surface area contributed by atoms with Crippen molar-refractivity contribution in [1.29, 1.82) is 0 Å². The summed E-state index contributed by atoms with van der Waals surface area (Å²) in [5, 5.41) is 0. The van der Waals surface area contributed by atoms with Gasteiger partial charge in [-0.25, -0.2) is 8.42 Å². The summed E-state index contributed by atoms with van der Waals surface area (Å²) in [6, 6.07) is 7.04. The maximum absolute atomic E-state index is 11.7. The first-order valence-corrected chi connectivity index (χ1v) is 7.04. The molecule has 0 aromatic heterocycles. The number of benzene rings is 1. The molecule has 0 radical (unpaired) electrons. The highest BCUT2D eigenvalue weighted by molar-refractivity contribution is 9.13. The van der Waals surface area contributed by atoms with E-state index in [1.54, 1.807) is 12.1 Å². The molecule has 0 amide bonds. The van der Waals surface area contributed by atoms with Crippen LogP contribution >= 0.6 is 31.9 Å². The Morgan fingerprint density at radius 3 is 2.38 bits per heavy atom. The Morgan fingerprint density at radius 1 is 1.15 bits per heavy atom. The van der Waals surface area contributed by atoms with E-state index in [0.717, 1.165) is 5.56 Å². The van der Waals surface area contributed by atoms with Crippen molar-refractivity contribution in [3.8, 4) is 0 Å². The smallest absolute Gasteiger partial charge is 0.192 e. The van der Waals surface area contributed by atoms with Crippen LogP contribution in [0.2, 0.25) is 0 Å². The molecule has 70 valence electrons. The highest BCUT2D eigenvalue weighted by atomic mass is 79.9. The molecule has 2 nitrogen and oxygen atoms in total. The summed E-state index contributed by atoms with van der Waals surface area (Å²) in [6.45, 7) is 0. The van der Waals surface area contributed by atoms with Crippen LogP contribution in [-0.4, -0.2) is 12.6 Å². The average molecular weight is 326 g/mol. The van der Waals surface area contributed by atoms with E-state index in [0.29, 0.717) is 4.90 Å². The third-order valence-corrected chi connectivity index (χ3v) is 7.99. The Morgan fingerprint density at radius 2 is 1.77 bits per heavy atom. The molecule has 0 N–H and O–H groups in total. The summed E-state index contributed by atoms with van der Waals surface area (Å²) in [5.41, 5.74) is 0.837. The first-order chi connectivity index (χ1) is 6.05. The zero-order valence-electron chi connectivity index (χ0n) is 6.44. The van der Waals surface area contributed by atoms with Gasteiger partial charge in [-0.05, 0) is 11.6 Å². The number of alkyl halides is 2. The molecule has 0 spiro atoms. The quantitative estimate of drug-likeness (QED) is 0.687. The van der Waals surface area contributed by atoms with E-state index in [1.807, 2.05) is 12.1 Å². The average Bonchev–Trinajstić information content (AvgIpc) is 2.30. The van der Waals surface area contributed by atoms with Crippen molar-refractivity contribution >= 4 is 41.7 Å². The van der Waals surface area contributed by atoms with Crippen LogP contribution in [0.3, 0.4) is 0 Å². The van der Waals surface area contributed by atoms with Gasteiger partial charge in [0, 0.05) is 0 Å². The van der Waals surface area contributed by atoms with Gasteiger partial charge in [-0.3, -0.25) is 0 Å². The minimum absolute atomic E-state index is 0.145. The van der Waals surface area contributed by atoms with E-state index in [4.69, 9.17) is 0 Å². The van der Waals surface area contributed by atoms with Crippen molar-refractivity contribution in [2.75, 3.05) is 0 Å². The van der Waals surface area contributed by atoms with Crippen LogP contribution in [0.4, 0.5) is 0 Å². The highest BCUT2D eigenvalue weighted by Crippen LogP contribution is 2.46. The minimum atomic E-state index is -3.16. The number of rotatable bonds is 0. The van der Waals surface area contributed by atoms with Gasteiger partial charge in [0.2, 0.25) is 0 Å². The van der Waals surface area contributed by atoms with Crippen molar-refractivity contribution in [3.05, 3.63) is 29.8 Å². The molecule has 0 fully saturated rings. The van der Waals surface area contributed by atoms with Crippen molar-refractivity contribution in [2.24, 2.45) is 0 Å². The molecule has 0 saturated heterocycles. The molecular weight excluding hydrogens is 320 g/mol. The van der Waals surface area contributed by atoms with E-state index in [2.05, 4.69) is 31.9 Å². The molecule has 2 atom stereocenters. The monoisotopic (exact) mass is 324 g/mol. The Labute approximate surface area is 93.5 Å². The summed E-state index contributed by atoms with van der Waals surface area (Å²) >= 11 is 6.52. The predicted octanol–water partition coefficient (Wildman–Crippen LogP) is 2.63. The molecule has 13 heavy (non-hydrogen) atoms. The van der Waals surface area contributed by atoms with Crippen LogP contribution < -0.4 is 0 Å². The van der Waals surface area contributed by atoms with Gasteiger partial charge in [-0.15, -0.1) is 0 Å². The standard InChI is InChI=1S/C8H6Br2O2S/c9-7-5-3-1-2-4-6(5)13(11,12)8(7)10/h1-4,7-8H/t7-,8+/m0/s1. The second kappa shape index (κ2) is 3.07. The lowest BCUT2D eigenvalue weighted by Gasteiger charge is -2.03. The molecule has 1 aliphatic rings. The SMILES string of the molecule is O=S1(=O)c2ccccc2[C@H](Br)[C@@H]1Br. The molecular formula is C8H6Br2O2S. The molecule has 1 aliphatic heterocycles. The maximum atomic E-state index is 11.7. The van der Waals surface area contributed by atoms with E-state index in [9.17, 15) is 8.42 Å². The summed E-state index contributed by atoms with van der Waals surface area (Å²) in [4.78, 5) is 0.285. The number of fused-ring (bicyclic) bond motifs is 1. The first-order valence-electron chi connectivity index (χ1n) is 3.66. The van der Waals surface area contributed by atoms with Crippen molar-refractivity contribution in [3.63, 3.8) is 0 Å². The fourth-order valence-electron chi connectivity index (χ4n) is 1.39. The zero-order chi connectivity index (χ0) is 9.64. The van der Waals surface area contributed by atoms with Crippen LogP contribution in [-0.2, 0) is 9.84 Å². The largest absolute Gasteiger partial charge is 0.222 e. The normalized spacial score (nSPS) is 30.0. The van der Waals surface area contributed by atoms with Gasteiger partial charge < -0.3 is 0 Å². The van der Waals surface area contributed by atoms with Gasteiger partial charge in [-0.2, -0.15) is 0 Å². The van der Waals surface area contributed by atoms with Crippen LogP contribution in [0.25, 0.3) is 0 Å². The second-order valence-electron chi connectivity index (χ2n) is 2.84. The van der Waals surface area contributed by atoms with Gasteiger partial charge >= 0.3 is 0 Å². The number of hydrogen-bond donors (Lipinski definition) is 0. The third kappa shape index (κ3) is 1.28. The van der Waals surface area contributed by atoms with Crippen LogP contribution in [0, 0.1) is 0 Å². The molecule has 5 heteroatoms. The van der Waals surface area contributed by atoms with E-state index in [1.165, 1.54) is 0 Å². The zero-order valence-corrected chi connectivity index (χ0v) is 10.4. The highest BCUT2D eigenvalue weighted by Gasteiger charge is 2.41. The Kier molecular flexibility index (Phi) is 2.28. The lowest BCUT2D eigenvalue weighted by molar-refractivity contribution is 0.598. The summed E-state index contributed by atoms with van der Waals surface area (Å²) in [5.74, 6) is 0. The van der Waals surface area contributed by atoms with Gasteiger partial charge in [0.1, 0.15) is 4.16 Å². The number of hydrogen-bond acceptors (Lipinski definition) is 2. The first kappa shape index (κ1) is 9.68. The van der Waals surface area contributed by atoms with Crippen molar-refractivity contribution < 1.29 is 8.42 Å². The van der Waals surface area contributed by atoms with Gasteiger partial charge in [0.05, 0.1) is 9.72 Å².